The van der Waals surface area contributed by atoms with Crippen molar-refractivity contribution in [3.8, 4) is 17.2 Å². The number of nitrogens with zero attached hydrogens (tertiary/aromatic N) is 1. The molecule has 1 N–H and O–H groups in total. The molecule has 0 saturated carbocycles. The highest BCUT2D eigenvalue weighted by molar-refractivity contribution is 8.26. The van der Waals surface area contributed by atoms with Gasteiger partial charge in [0.2, 0.25) is 5.75 Å². The first-order valence-electron chi connectivity index (χ1n) is 8.51. The topological polar surface area (TPSA) is 60.0 Å². The molecule has 6 nitrogen and oxygen atoms in total. The van der Waals surface area contributed by atoms with E-state index in [0.717, 1.165) is 0 Å². The maximum atomic E-state index is 13.3. The second-order valence-electron chi connectivity index (χ2n) is 5.91. The summed E-state index contributed by atoms with van der Waals surface area (Å²) in [7, 11) is 4.58. The number of nitrogens with one attached hydrogen (secondary N) is 1. The molecule has 0 atom stereocenters. The van der Waals surface area contributed by atoms with Crippen LogP contribution in [0.25, 0.3) is 6.08 Å². The second-order valence-corrected chi connectivity index (χ2v) is 7.59. The number of carbonyl (C=O) groups is 1. The van der Waals surface area contributed by atoms with Crippen molar-refractivity contribution in [3.05, 3.63) is 52.7 Å². The molecular weight excluding hydrogens is 415 g/mol. The van der Waals surface area contributed by atoms with Crippen molar-refractivity contribution in [2.45, 2.75) is 0 Å². The molecule has 2 aromatic carbocycles. The van der Waals surface area contributed by atoms with Crippen molar-refractivity contribution < 1.29 is 23.4 Å². The molecule has 0 aliphatic carbocycles. The number of carbonyl (C=O) groups excluding carboxylic acids is 1. The number of anilines is 1. The summed E-state index contributed by atoms with van der Waals surface area (Å²) in [6, 6.07) is 9.50. The van der Waals surface area contributed by atoms with Gasteiger partial charge >= 0.3 is 0 Å². The first-order valence-corrected chi connectivity index (χ1v) is 9.74. The molecule has 9 heteroatoms. The van der Waals surface area contributed by atoms with Gasteiger partial charge in [-0.25, -0.2) is 4.39 Å². The third kappa shape index (κ3) is 4.63. The van der Waals surface area contributed by atoms with Crippen LogP contribution in [0.1, 0.15) is 5.56 Å². The quantitative estimate of drug-likeness (QED) is 0.520. The molecule has 0 bridgehead atoms. The standard InChI is InChI=1S/C20H19FN2O4S2/c1-25-15-7-12(8-16(26-2)18(15)27-3)9-17-19(24)23(20(28)29-17)11-22-14-6-4-5-13(21)10-14/h4-10,22H,11H2,1-3H3/b17-9+. The van der Waals surface area contributed by atoms with Crippen molar-refractivity contribution >= 4 is 46.0 Å². The van der Waals surface area contributed by atoms with Crippen molar-refractivity contribution in [1.29, 1.82) is 0 Å². The van der Waals surface area contributed by atoms with E-state index in [1.807, 2.05) is 0 Å². The first-order chi connectivity index (χ1) is 14.0. The summed E-state index contributed by atoms with van der Waals surface area (Å²) in [5.74, 6) is 0.849. The van der Waals surface area contributed by atoms with Crippen LogP contribution in [-0.4, -0.2) is 43.1 Å². The van der Waals surface area contributed by atoms with Crippen LogP contribution in [0.2, 0.25) is 0 Å². The fraction of sp³-hybridized carbons (Fsp3) is 0.200. The highest BCUT2D eigenvalue weighted by Gasteiger charge is 2.32. The van der Waals surface area contributed by atoms with Crippen LogP contribution in [0.15, 0.2) is 41.3 Å². The van der Waals surface area contributed by atoms with E-state index >= 15 is 0 Å². The molecule has 29 heavy (non-hydrogen) atoms. The highest BCUT2D eigenvalue weighted by atomic mass is 32.2. The van der Waals surface area contributed by atoms with Gasteiger partial charge in [-0.2, -0.15) is 0 Å². The lowest BCUT2D eigenvalue weighted by atomic mass is 10.1. The minimum atomic E-state index is -0.359. The monoisotopic (exact) mass is 434 g/mol. The number of benzene rings is 2. The Morgan fingerprint density at radius 1 is 1.14 bits per heavy atom. The van der Waals surface area contributed by atoms with Gasteiger partial charge in [-0.15, -0.1) is 0 Å². The molecule has 0 radical (unpaired) electrons. The summed E-state index contributed by atoms with van der Waals surface area (Å²) >= 11 is 6.53. The maximum Gasteiger partial charge on any atom is 0.267 e. The Labute approximate surface area is 177 Å². The molecule has 1 amide bonds. The lowest BCUT2D eigenvalue weighted by Crippen LogP contribution is -2.33. The minimum Gasteiger partial charge on any atom is -0.493 e. The van der Waals surface area contributed by atoms with E-state index in [9.17, 15) is 9.18 Å². The molecule has 1 fully saturated rings. The zero-order valence-electron chi connectivity index (χ0n) is 16.0. The van der Waals surface area contributed by atoms with E-state index in [2.05, 4.69) is 5.32 Å². The van der Waals surface area contributed by atoms with E-state index in [0.29, 0.717) is 37.7 Å². The maximum absolute atomic E-state index is 13.3. The van der Waals surface area contributed by atoms with Crippen LogP contribution in [0, 0.1) is 5.82 Å². The average molecular weight is 435 g/mol. The number of thioether (sulfide) groups is 1. The van der Waals surface area contributed by atoms with Crippen LogP contribution in [0.3, 0.4) is 0 Å². The largest absolute Gasteiger partial charge is 0.493 e. The molecule has 3 rings (SSSR count). The molecule has 1 aliphatic heterocycles. The Morgan fingerprint density at radius 2 is 1.83 bits per heavy atom. The number of ether oxygens (including phenoxy) is 3. The predicted molar refractivity (Wildman–Crippen MR) is 116 cm³/mol. The number of thiocarbonyl (C=S) groups is 1. The summed E-state index contributed by atoms with van der Waals surface area (Å²) in [4.78, 5) is 14.7. The molecule has 0 aromatic heterocycles. The van der Waals surface area contributed by atoms with Gasteiger partial charge in [-0.3, -0.25) is 9.69 Å². The summed E-state index contributed by atoms with van der Waals surface area (Å²) in [6.07, 6.45) is 1.71. The third-order valence-corrected chi connectivity index (χ3v) is 5.50. The van der Waals surface area contributed by atoms with E-state index in [1.165, 1.54) is 50.1 Å². The van der Waals surface area contributed by atoms with Gasteiger partial charge in [0, 0.05) is 5.69 Å². The summed E-state index contributed by atoms with van der Waals surface area (Å²) in [5, 5.41) is 3.00. The Hall–Kier alpha value is -2.78. The summed E-state index contributed by atoms with van der Waals surface area (Å²) < 4.78 is 29.7. The summed E-state index contributed by atoms with van der Waals surface area (Å²) in [6.45, 7) is 0.140. The number of rotatable bonds is 7. The van der Waals surface area contributed by atoms with E-state index in [1.54, 1.807) is 30.3 Å². The van der Waals surface area contributed by atoms with Gasteiger partial charge in [0.25, 0.3) is 5.91 Å². The van der Waals surface area contributed by atoms with E-state index in [-0.39, 0.29) is 18.4 Å². The van der Waals surface area contributed by atoms with Crippen molar-refractivity contribution in [3.63, 3.8) is 0 Å². The number of amides is 1. The van der Waals surface area contributed by atoms with Gasteiger partial charge in [0.05, 0.1) is 32.9 Å². The number of hydrogen-bond donors (Lipinski definition) is 1. The highest BCUT2D eigenvalue weighted by Crippen LogP contribution is 2.40. The molecule has 2 aromatic rings. The average Bonchev–Trinajstić information content (AvgIpc) is 2.98. The van der Waals surface area contributed by atoms with Crippen molar-refractivity contribution in [2.24, 2.45) is 0 Å². The zero-order chi connectivity index (χ0) is 21.0. The van der Waals surface area contributed by atoms with Crippen LogP contribution in [0.4, 0.5) is 10.1 Å². The summed E-state index contributed by atoms with van der Waals surface area (Å²) in [5.41, 5.74) is 1.27. The molecule has 1 aliphatic rings. The molecular formula is C20H19FN2O4S2. The molecule has 1 heterocycles. The predicted octanol–water partition coefficient (Wildman–Crippen LogP) is 4.12. The van der Waals surface area contributed by atoms with Gasteiger partial charge in [-0.05, 0) is 42.0 Å². The molecule has 0 unspecified atom stereocenters. The zero-order valence-corrected chi connectivity index (χ0v) is 17.7. The van der Waals surface area contributed by atoms with Crippen LogP contribution in [0.5, 0.6) is 17.2 Å². The third-order valence-electron chi connectivity index (χ3n) is 4.12. The fourth-order valence-electron chi connectivity index (χ4n) is 2.74. The number of hydrogen-bond acceptors (Lipinski definition) is 7. The smallest absolute Gasteiger partial charge is 0.267 e. The SMILES string of the molecule is COc1cc(/C=C2/SC(=S)N(CNc3cccc(F)c3)C2=O)cc(OC)c1OC. The normalized spacial score (nSPS) is 15.0. The van der Waals surface area contributed by atoms with Gasteiger partial charge in [0.15, 0.2) is 11.5 Å². The lowest BCUT2D eigenvalue weighted by Gasteiger charge is -2.16. The van der Waals surface area contributed by atoms with E-state index < -0.39 is 0 Å². The van der Waals surface area contributed by atoms with Crippen LogP contribution in [-0.2, 0) is 4.79 Å². The number of halogens is 1. The van der Waals surface area contributed by atoms with E-state index in [4.69, 9.17) is 26.4 Å². The van der Waals surface area contributed by atoms with Gasteiger partial charge in [-0.1, -0.05) is 30.0 Å². The fourth-order valence-corrected chi connectivity index (χ4v) is 4.00. The van der Waals surface area contributed by atoms with Crippen molar-refractivity contribution in [1.82, 2.24) is 4.90 Å². The lowest BCUT2D eigenvalue weighted by molar-refractivity contribution is -0.121. The van der Waals surface area contributed by atoms with Gasteiger partial charge in [0.1, 0.15) is 10.1 Å². The van der Waals surface area contributed by atoms with Crippen molar-refractivity contribution in [2.75, 3.05) is 33.3 Å². The molecule has 152 valence electrons. The van der Waals surface area contributed by atoms with Crippen LogP contribution >= 0.6 is 24.0 Å². The first kappa shape index (κ1) is 20.9. The Balaban J connectivity index is 1.80. The Kier molecular flexibility index (Phi) is 6.60. The second kappa shape index (κ2) is 9.15. The minimum absolute atomic E-state index is 0.140. The Morgan fingerprint density at radius 3 is 2.41 bits per heavy atom. The molecule has 0 spiro atoms. The van der Waals surface area contributed by atoms with Crippen LogP contribution < -0.4 is 19.5 Å². The Bertz CT molecular complexity index is 956. The number of methoxy groups -OCH3 is 3. The molecule has 1 saturated heterocycles. The van der Waals surface area contributed by atoms with Gasteiger partial charge < -0.3 is 19.5 Å².